The van der Waals surface area contributed by atoms with Crippen molar-refractivity contribution in [1.29, 1.82) is 0 Å². The summed E-state index contributed by atoms with van der Waals surface area (Å²) in [5.41, 5.74) is 0.954. The molecule has 0 aliphatic rings. The van der Waals surface area contributed by atoms with Gasteiger partial charge in [-0.25, -0.2) is 4.98 Å². The average molecular weight is 377 g/mol. The molecular weight excluding hydrogens is 360 g/mol. The molecule has 3 rings (SSSR count). The van der Waals surface area contributed by atoms with Crippen LogP contribution in [0, 0.1) is 0 Å². The molecule has 0 spiro atoms. The number of amides is 1. The van der Waals surface area contributed by atoms with E-state index in [1.165, 1.54) is 0 Å². The van der Waals surface area contributed by atoms with E-state index in [2.05, 4.69) is 10.3 Å². The van der Waals surface area contributed by atoms with Gasteiger partial charge in [0.2, 0.25) is 5.91 Å². The molecule has 1 heterocycles. The molecule has 0 radical (unpaired) electrons. The van der Waals surface area contributed by atoms with Gasteiger partial charge in [0.25, 0.3) is 0 Å². The van der Waals surface area contributed by atoms with Crippen LogP contribution in [0.1, 0.15) is 5.01 Å². The van der Waals surface area contributed by atoms with Gasteiger partial charge in [0, 0.05) is 5.02 Å². The number of ether oxygens (including phenoxy) is 2. The second-order valence-corrected chi connectivity index (χ2v) is 6.77. The molecule has 1 N–H and O–H groups in total. The molecule has 3 aromatic rings. The van der Waals surface area contributed by atoms with Crippen molar-refractivity contribution in [2.24, 2.45) is 0 Å². The summed E-state index contributed by atoms with van der Waals surface area (Å²) in [5, 5.41) is 4.26. The maximum Gasteiger partial charge on any atom is 0.246 e. The highest BCUT2D eigenvalue weighted by molar-refractivity contribution is 7.18. The smallest absolute Gasteiger partial charge is 0.246 e. The Labute approximate surface area is 154 Å². The van der Waals surface area contributed by atoms with Gasteiger partial charge in [-0.1, -0.05) is 23.7 Å². The zero-order valence-corrected chi connectivity index (χ0v) is 15.0. The first kappa shape index (κ1) is 17.7. The van der Waals surface area contributed by atoms with Crippen molar-refractivity contribution in [1.82, 2.24) is 10.3 Å². The van der Waals surface area contributed by atoms with Crippen LogP contribution in [0.25, 0.3) is 10.2 Å². The number of benzene rings is 2. The predicted molar refractivity (Wildman–Crippen MR) is 99.2 cm³/mol. The molecule has 7 heteroatoms. The van der Waals surface area contributed by atoms with Crippen LogP contribution in [0.4, 0.5) is 0 Å². The maximum absolute atomic E-state index is 11.7. The van der Waals surface area contributed by atoms with Gasteiger partial charge in [-0.3, -0.25) is 4.79 Å². The highest BCUT2D eigenvalue weighted by Gasteiger charge is 2.05. The summed E-state index contributed by atoms with van der Waals surface area (Å²) < 4.78 is 12.0. The number of aromatic nitrogens is 1. The van der Waals surface area contributed by atoms with Crippen LogP contribution in [-0.2, 0) is 16.1 Å². The Morgan fingerprint density at radius 2 is 1.96 bits per heavy atom. The van der Waals surface area contributed by atoms with E-state index in [9.17, 15) is 4.79 Å². The third-order valence-corrected chi connectivity index (χ3v) is 4.57. The number of para-hydroxylation sites is 1. The first-order valence-electron chi connectivity index (χ1n) is 7.78. The SMILES string of the molecule is O=C(COCc1nc2ccccc2s1)NCCOc1ccc(Cl)cc1. The molecule has 0 atom stereocenters. The third kappa shape index (κ3) is 5.42. The first-order valence-corrected chi connectivity index (χ1v) is 8.97. The number of hydrogen-bond donors (Lipinski definition) is 1. The molecule has 0 aliphatic heterocycles. The van der Waals surface area contributed by atoms with Gasteiger partial charge in [-0.05, 0) is 36.4 Å². The van der Waals surface area contributed by atoms with Crippen LogP contribution >= 0.6 is 22.9 Å². The Bertz CT molecular complexity index is 803. The standard InChI is InChI=1S/C18H17ClN2O3S/c19-13-5-7-14(8-6-13)24-10-9-20-17(22)11-23-12-18-21-15-3-1-2-4-16(15)25-18/h1-8H,9-12H2,(H,20,22). The second-order valence-electron chi connectivity index (χ2n) is 5.22. The summed E-state index contributed by atoms with van der Waals surface area (Å²) in [7, 11) is 0. The minimum absolute atomic E-state index is 0.00311. The van der Waals surface area contributed by atoms with Crippen LogP contribution in [0.15, 0.2) is 48.5 Å². The van der Waals surface area contributed by atoms with E-state index in [4.69, 9.17) is 21.1 Å². The molecule has 1 amide bonds. The van der Waals surface area contributed by atoms with Gasteiger partial charge >= 0.3 is 0 Å². The number of nitrogens with zero attached hydrogens (tertiary/aromatic N) is 1. The van der Waals surface area contributed by atoms with Crippen molar-refractivity contribution in [3.8, 4) is 5.75 Å². The quantitative estimate of drug-likeness (QED) is 0.609. The number of hydrogen-bond acceptors (Lipinski definition) is 5. The van der Waals surface area contributed by atoms with Crippen molar-refractivity contribution in [3.05, 3.63) is 58.6 Å². The van der Waals surface area contributed by atoms with Gasteiger partial charge in [0.05, 0.1) is 23.4 Å². The fraction of sp³-hybridized carbons (Fsp3) is 0.222. The topological polar surface area (TPSA) is 60.5 Å². The van der Waals surface area contributed by atoms with Crippen LogP contribution in [0.3, 0.4) is 0 Å². The van der Waals surface area contributed by atoms with Gasteiger partial charge in [0.1, 0.15) is 24.0 Å². The van der Waals surface area contributed by atoms with E-state index < -0.39 is 0 Å². The third-order valence-electron chi connectivity index (χ3n) is 3.30. The highest BCUT2D eigenvalue weighted by atomic mass is 35.5. The zero-order chi connectivity index (χ0) is 17.5. The van der Waals surface area contributed by atoms with Crippen molar-refractivity contribution in [2.45, 2.75) is 6.61 Å². The van der Waals surface area contributed by atoms with Crippen molar-refractivity contribution < 1.29 is 14.3 Å². The summed E-state index contributed by atoms with van der Waals surface area (Å²) >= 11 is 7.37. The lowest BCUT2D eigenvalue weighted by Crippen LogP contribution is -2.31. The van der Waals surface area contributed by atoms with Crippen molar-refractivity contribution in [3.63, 3.8) is 0 Å². The van der Waals surface area contributed by atoms with Gasteiger partial charge in [-0.15, -0.1) is 11.3 Å². The number of nitrogens with one attached hydrogen (secondary N) is 1. The number of thiazole rings is 1. The molecule has 0 aliphatic carbocycles. The number of halogens is 1. The molecule has 2 aromatic carbocycles. The fourth-order valence-corrected chi connectivity index (χ4v) is 3.18. The minimum atomic E-state index is -0.180. The van der Waals surface area contributed by atoms with Crippen molar-refractivity contribution >= 4 is 39.1 Å². The molecular formula is C18H17ClN2O3S. The lowest BCUT2D eigenvalue weighted by atomic mass is 10.3. The Kier molecular flexibility index (Phi) is 6.22. The lowest BCUT2D eigenvalue weighted by Gasteiger charge is -2.08. The number of carbonyl (C=O) groups excluding carboxylic acids is 1. The summed E-state index contributed by atoms with van der Waals surface area (Å²) in [5.74, 6) is 0.534. The second kappa shape index (κ2) is 8.80. The predicted octanol–water partition coefficient (Wildman–Crippen LogP) is 3.66. The minimum Gasteiger partial charge on any atom is -0.492 e. The number of carbonyl (C=O) groups is 1. The molecule has 130 valence electrons. The lowest BCUT2D eigenvalue weighted by molar-refractivity contribution is -0.126. The Morgan fingerprint density at radius 1 is 1.16 bits per heavy atom. The van der Waals surface area contributed by atoms with Gasteiger partial charge in [-0.2, -0.15) is 0 Å². The summed E-state index contributed by atoms with van der Waals surface area (Å²) in [6.45, 7) is 1.11. The number of fused-ring (bicyclic) bond motifs is 1. The van der Waals surface area contributed by atoms with Crippen molar-refractivity contribution in [2.75, 3.05) is 19.8 Å². The van der Waals surface area contributed by atoms with Gasteiger partial charge in [0.15, 0.2) is 0 Å². The molecule has 25 heavy (non-hydrogen) atoms. The molecule has 1 aromatic heterocycles. The van der Waals surface area contributed by atoms with Gasteiger partial charge < -0.3 is 14.8 Å². The van der Waals surface area contributed by atoms with E-state index in [1.54, 1.807) is 35.6 Å². The zero-order valence-electron chi connectivity index (χ0n) is 13.4. The van der Waals surface area contributed by atoms with Crippen LogP contribution in [-0.4, -0.2) is 30.6 Å². The summed E-state index contributed by atoms with van der Waals surface area (Å²) in [6, 6.07) is 15.0. The molecule has 0 unspecified atom stereocenters. The van der Waals surface area contributed by atoms with E-state index in [1.807, 2.05) is 24.3 Å². The fourth-order valence-electron chi connectivity index (χ4n) is 2.15. The largest absolute Gasteiger partial charge is 0.492 e. The molecule has 0 saturated carbocycles. The van der Waals surface area contributed by atoms with E-state index in [-0.39, 0.29) is 12.5 Å². The Hall–Kier alpha value is -2.15. The Morgan fingerprint density at radius 3 is 2.76 bits per heavy atom. The van der Waals surface area contributed by atoms with Crippen LogP contribution < -0.4 is 10.1 Å². The van der Waals surface area contributed by atoms with Crippen LogP contribution in [0.5, 0.6) is 5.75 Å². The number of rotatable bonds is 8. The van der Waals surface area contributed by atoms with E-state index in [0.717, 1.165) is 15.2 Å². The van der Waals surface area contributed by atoms with E-state index in [0.29, 0.717) is 30.5 Å². The average Bonchev–Trinajstić information content (AvgIpc) is 3.03. The molecule has 5 nitrogen and oxygen atoms in total. The summed E-state index contributed by atoms with van der Waals surface area (Å²) in [4.78, 5) is 16.2. The maximum atomic E-state index is 11.7. The van der Waals surface area contributed by atoms with Crippen LogP contribution in [0.2, 0.25) is 5.02 Å². The van der Waals surface area contributed by atoms with E-state index >= 15 is 0 Å². The molecule has 0 saturated heterocycles. The molecule has 0 fully saturated rings. The first-order chi connectivity index (χ1) is 12.2. The highest BCUT2D eigenvalue weighted by Crippen LogP contribution is 2.21. The normalized spacial score (nSPS) is 10.8. The summed E-state index contributed by atoms with van der Waals surface area (Å²) in [6.07, 6.45) is 0. The monoisotopic (exact) mass is 376 g/mol. The Balaban J connectivity index is 1.32. The molecule has 0 bridgehead atoms.